The highest BCUT2D eigenvalue weighted by molar-refractivity contribution is 5.73. The Balaban J connectivity index is 0.000000210. The minimum absolute atomic E-state index is 0.0312. The van der Waals surface area contributed by atoms with Gasteiger partial charge < -0.3 is 30.2 Å². The predicted molar refractivity (Wildman–Crippen MR) is 241 cm³/mol. The number of hydrogen-bond acceptors (Lipinski definition) is 12. The van der Waals surface area contributed by atoms with Gasteiger partial charge in [-0.1, -0.05) is 13.8 Å². The van der Waals surface area contributed by atoms with Crippen molar-refractivity contribution in [3.8, 4) is 0 Å². The van der Waals surface area contributed by atoms with Gasteiger partial charge in [-0.3, -0.25) is 9.59 Å². The van der Waals surface area contributed by atoms with Gasteiger partial charge in [0.1, 0.15) is 23.3 Å². The number of piperidine rings is 2. The number of rotatable bonds is 8. The molecule has 358 valence electrons. The van der Waals surface area contributed by atoms with Gasteiger partial charge in [0, 0.05) is 102 Å². The summed E-state index contributed by atoms with van der Waals surface area (Å²) in [6.07, 6.45) is 0.851. The number of carbonyl (C=O) groups excluding carboxylic acids is 2. The Hall–Kier alpha value is -5.82. The third-order valence-corrected chi connectivity index (χ3v) is 12.4. The van der Waals surface area contributed by atoms with Crippen molar-refractivity contribution in [1.82, 2.24) is 39.7 Å². The first kappa shape index (κ1) is 49.6. The van der Waals surface area contributed by atoms with E-state index in [0.717, 1.165) is 119 Å². The molecule has 0 bridgehead atoms. The summed E-state index contributed by atoms with van der Waals surface area (Å²) >= 11 is 0. The molecule has 20 heteroatoms. The van der Waals surface area contributed by atoms with E-state index in [4.69, 9.17) is 9.97 Å². The summed E-state index contributed by atoms with van der Waals surface area (Å²) in [6, 6.07) is 7.96. The van der Waals surface area contributed by atoms with Crippen molar-refractivity contribution in [3.63, 3.8) is 0 Å². The second kappa shape index (κ2) is 21.7. The highest BCUT2D eigenvalue weighted by atomic mass is 19.4. The quantitative estimate of drug-likeness (QED) is 0.162. The first-order valence-corrected chi connectivity index (χ1v) is 22.8. The van der Waals surface area contributed by atoms with Crippen LogP contribution in [0.1, 0.15) is 127 Å². The standard InChI is InChI=1S/2C22H27F3N6O.C2H6/c1-14-5-3-10-31(14)21-27-18(16-6-4-9-30(13-16)15(2)32)12-20(29-21)28-19-11-17(7-8-26-19)22(23,24)25;1-14-4-3-9-31(14)21-27-18(16-6-10-30(11-7-16)15(2)32)13-20(29-21)28-19-12-17(5-8-26-19)22(23,24)25;1-2/h7-8,11-12,14,16H,3-6,9-10,13H2,1-2H3,(H,26,27,28,29);5,8,12-14,16H,3-4,6-7,9-11H2,1-2H3,(H,26,27,28,29);1-2H3. The van der Waals surface area contributed by atoms with Crippen molar-refractivity contribution in [2.45, 2.75) is 129 Å². The summed E-state index contributed by atoms with van der Waals surface area (Å²) in [5, 5.41) is 5.89. The third kappa shape index (κ3) is 12.7. The minimum atomic E-state index is -4.45. The number of halogens is 6. The highest BCUT2D eigenvalue weighted by Gasteiger charge is 2.33. The Morgan fingerprint density at radius 3 is 1.41 bits per heavy atom. The van der Waals surface area contributed by atoms with Crippen molar-refractivity contribution < 1.29 is 35.9 Å². The van der Waals surface area contributed by atoms with Gasteiger partial charge in [0.25, 0.3) is 0 Å². The number of pyridine rings is 2. The van der Waals surface area contributed by atoms with Gasteiger partial charge in [-0.2, -0.15) is 36.3 Å². The van der Waals surface area contributed by atoms with E-state index in [1.807, 2.05) is 23.6 Å². The van der Waals surface area contributed by atoms with Gasteiger partial charge >= 0.3 is 12.4 Å². The monoisotopic (exact) mass is 926 g/mol. The fraction of sp³-hybridized carbons (Fsp3) is 0.565. The lowest BCUT2D eigenvalue weighted by atomic mass is 9.93. The van der Waals surface area contributed by atoms with E-state index in [-0.39, 0.29) is 41.3 Å². The molecule has 2 amide bonds. The Bertz CT molecular complexity index is 2270. The molecule has 0 aromatic carbocycles. The smallest absolute Gasteiger partial charge is 0.343 e. The van der Waals surface area contributed by atoms with E-state index in [0.29, 0.717) is 49.2 Å². The highest BCUT2D eigenvalue weighted by Crippen LogP contribution is 2.36. The molecule has 66 heavy (non-hydrogen) atoms. The van der Waals surface area contributed by atoms with Gasteiger partial charge in [-0.15, -0.1) is 0 Å². The van der Waals surface area contributed by atoms with Gasteiger partial charge in [0.2, 0.25) is 23.7 Å². The maximum absolute atomic E-state index is 13.1. The second-order valence-electron chi connectivity index (χ2n) is 17.0. The van der Waals surface area contributed by atoms with Crippen LogP contribution in [-0.4, -0.2) is 103 Å². The van der Waals surface area contributed by atoms with Crippen molar-refractivity contribution in [2.75, 3.05) is 59.7 Å². The number of nitrogens with one attached hydrogen (secondary N) is 2. The summed E-state index contributed by atoms with van der Waals surface area (Å²) in [4.78, 5) is 58.4. The van der Waals surface area contributed by atoms with Crippen LogP contribution in [0.2, 0.25) is 0 Å². The van der Waals surface area contributed by atoms with Crippen molar-refractivity contribution in [3.05, 3.63) is 71.3 Å². The fourth-order valence-corrected chi connectivity index (χ4v) is 8.78. The molecule has 4 aliphatic heterocycles. The largest absolute Gasteiger partial charge is 0.416 e. The molecule has 0 saturated carbocycles. The Morgan fingerprint density at radius 1 is 0.561 bits per heavy atom. The molecule has 0 radical (unpaired) electrons. The second-order valence-corrected chi connectivity index (χ2v) is 17.0. The van der Waals surface area contributed by atoms with Gasteiger partial charge in [-0.25, -0.2) is 19.9 Å². The summed E-state index contributed by atoms with van der Waals surface area (Å²) in [6.45, 7) is 15.7. The normalized spacial score (nSPS) is 20.3. The lowest BCUT2D eigenvalue weighted by Gasteiger charge is -2.32. The zero-order valence-electron chi connectivity index (χ0n) is 38.4. The van der Waals surface area contributed by atoms with Crippen molar-refractivity contribution in [2.24, 2.45) is 0 Å². The molecular formula is C46H60F6N12O2. The van der Waals surface area contributed by atoms with Crippen LogP contribution in [0.5, 0.6) is 0 Å². The molecule has 3 unspecified atom stereocenters. The zero-order chi connectivity index (χ0) is 47.8. The van der Waals surface area contributed by atoms with E-state index in [2.05, 4.69) is 54.2 Å². The lowest BCUT2D eigenvalue weighted by Crippen LogP contribution is -2.38. The number of anilines is 6. The SMILES string of the molecule is CC.CC(=O)N1CCC(c2cc(Nc3cc(C(F)(F)F)ccn3)nc(N3CCCC3C)n2)CC1.CC(=O)N1CCCC(c2cc(Nc3cc(C(F)(F)F)ccn3)nc(N3CCCC3C)n2)C1. The third-order valence-electron chi connectivity index (χ3n) is 12.4. The molecule has 4 aromatic rings. The fourth-order valence-electron chi connectivity index (χ4n) is 8.78. The first-order valence-electron chi connectivity index (χ1n) is 22.8. The Kier molecular flexibility index (Phi) is 16.3. The number of amides is 2. The van der Waals surface area contributed by atoms with Crippen LogP contribution in [0.4, 0.5) is 61.5 Å². The molecule has 8 heterocycles. The topological polar surface area (TPSA) is 148 Å². The van der Waals surface area contributed by atoms with Crippen molar-refractivity contribution in [1.29, 1.82) is 0 Å². The van der Waals surface area contributed by atoms with Gasteiger partial charge in [-0.05, 0) is 89.5 Å². The number of aromatic nitrogens is 6. The minimum Gasteiger partial charge on any atom is -0.343 e. The van der Waals surface area contributed by atoms with E-state index in [9.17, 15) is 35.9 Å². The van der Waals surface area contributed by atoms with Crippen LogP contribution in [0.15, 0.2) is 48.8 Å². The molecule has 0 aliphatic carbocycles. The number of carbonyl (C=O) groups is 2. The summed E-state index contributed by atoms with van der Waals surface area (Å²) in [5.41, 5.74) is 0.0811. The van der Waals surface area contributed by atoms with Crippen LogP contribution in [-0.2, 0) is 21.9 Å². The first-order chi connectivity index (χ1) is 31.4. The maximum Gasteiger partial charge on any atom is 0.416 e. The molecule has 14 nitrogen and oxygen atoms in total. The molecule has 3 atom stereocenters. The molecule has 8 rings (SSSR count). The maximum atomic E-state index is 13.1. The Labute approximate surface area is 382 Å². The predicted octanol–water partition coefficient (Wildman–Crippen LogP) is 9.72. The molecule has 4 saturated heterocycles. The van der Waals surface area contributed by atoms with Crippen LogP contribution in [0, 0.1) is 0 Å². The molecule has 2 N–H and O–H groups in total. The zero-order valence-corrected chi connectivity index (χ0v) is 38.4. The van der Waals surface area contributed by atoms with E-state index in [1.165, 1.54) is 0 Å². The van der Waals surface area contributed by atoms with Crippen molar-refractivity contribution >= 4 is 47.0 Å². The average molecular weight is 927 g/mol. The van der Waals surface area contributed by atoms with Crippen LogP contribution in [0.3, 0.4) is 0 Å². The van der Waals surface area contributed by atoms with Gasteiger partial charge in [0.05, 0.1) is 22.5 Å². The molecule has 4 aromatic heterocycles. The Morgan fingerprint density at radius 2 is 1.00 bits per heavy atom. The van der Waals surface area contributed by atoms with Gasteiger partial charge in [0.15, 0.2) is 0 Å². The van der Waals surface area contributed by atoms with E-state index >= 15 is 0 Å². The molecule has 4 fully saturated rings. The number of likely N-dealkylation sites (tertiary alicyclic amines) is 2. The summed E-state index contributed by atoms with van der Waals surface area (Å²) in [5.74, 6) is 2.40. The van der Waals surface area contributed by atoms with Crippen LogP contribution < -0.4 is 20.4 Å². The van der Waals surface area contributed by atoms with E-state index < -0.39 is 23.5 Å². The number of nitrogens with zero attached hydrogens (tertiary/aromatic N) is 10. The molecule has 4 aliphatic rings. The summed E-state index contributed by atoms with van der Waals surface area (Å²) in [7, 11) is 0. The molecule has 0 spiro atoms. The van der Waals surface area contributed by atoms with Crippen LogP contribution in [0.25, 0.3) is 0 Å². The average Bonchev–Trinajstić information content (AvgIpc) is 3.94. The lowest BCUT2D eigenvalue weighted by molar-refractivity contribution is -0.138. The number of alkyl halides is 6. The number of hydrogen-bond donors (Lipinski definition) is 2. The molecular weight excluding hydrogens is 867 g/mol. The van der Waals surface area contributed by atoms with E-state index in [1.54, 1.807) is 26.0 Å². The summed E-state index contributed by atoms with van der Waals surface area (Å²) < 4.78 is 78.6. The van der Waals surface area contributed by atoms with Crippen LogP contribution >= 0.6 is 0 Å².